The molecule has 2 aliphatic rings. The van der Waals surface area contributed by atoms with Gasteiger partial charge in [0.15, 0.2) is 12.3 Å². The maximum atomic E-state index is 12.8. The molecule has 0 saturated carbocycles. The Morgan fingerprint density at radius 3 is 2.65 bits per heavy atom. The summed E-state index contributed by atoms with van der Waals surface area (Å²) in [5.41, 5.74) is 3.98. The number of fused-ring (bicyclic) bond motifs is 2. The fourth-order valence-corrected chi connectivity index (χ4v) is 4.66. The van der Waals surface area contributed by atoms with Crippen LogP contribution in [0.25, 0.3) is 6.08 Å². The molecule has 2 aliphatic heterocycles. The molecule has 2 unspecified atom stereocenters. The van der Waals surface area contributed by atoms with Crippen LogP contribution in [-0.2, 0) is 0 Å². The summed E-state index contributed by atoms with van der Waals surface area (Å²) in [5, 5.41) is 0. The van der Waals surface area contributed by atoms with Crippen molar-refractivity contribution in [2.75, 3.05) is 18.5 Å². The van der Waals surface area contributed by atoms with E-state index < -0.39 is 0 Å². The third-order valence-electron chi connectivity index (χ3n) is 4.61. The summed E-state index contributed by atoms with van der Waals surface area (Å²) in [5.74, 6) is 0. The highest BCUT2D eigenvalue weighted by atomic mass is 79.9. The standard InChI is InChI=1S/C17H18BrN5O2S/c1-3-21-13-14(22(4-2)17(21)25)20-23-15(24)12(26-16(23)19-13)9-10-7-5-6-8-11(10)18/h5-9,13-14,20H,3-4H2,1-2H3/b12-9-. The van der Waals surface area contributed by atoms with Crippen molar-refractivity contribution >= 4 is 39.4 Å². The van der Waals surface area contributed by atoms with Crippen LogP contribution in [0.3, 0.4) is 0 Å². The number of benzene rings is 1. The van der Waals surface area contributed by atoms with E-state index in [0.717, 1.165) is 10.0 Å². The first kappa shape index (κ1) is 17.3. The molecule has 2 amide bonds. The molecule has 26 heavy (non-hydrogen) atoms. The molecular formula is C17H18BrN5O2S. The fraction of sp³-hybridized carbons (Fsp3) is 0.353. The molecule has 1 N–H and O–H groups in total. The lowest BCUT2D eigenvalue weighted by atomic mass is 10.2. The van der Waals surface area contributed by atoms with E-state index >= 15 is 0 Å². The quantitative estimate of drug-likeness (QED) is 0.784. The molecule has 3 heterocycles. The Kier molecular flexibility index (Phi) is 4.36. The van der Waals surface area contributed by atoms with Crippen LogP contribution in [0.5, 0.6) is 0 Å². The van der Waals surface area contributed by atoms with Crippen LogP contribution in [0.2, 0.25) is 0 Å². The van der Waals surface area contributed by atoms with Gasteiger partial charge in [-0.1, -0.05) is 45.5 Å². The number of nitrogens with zero attached hydrogens (tertiary/aromatic N) is 4. The molecule has 136 valence electrons. The Balaban J connectivity index is 1.83. The highest BCUT2D eigenvalue weighted by molar-refractivity contribution is 9.10. The number of hydrogen-bond acceptors (Lipinski definition) is 5. The minimum atomic E-state index is -0.330. The Morgan fingerprint density at radius 2 is 1.96 bits per heavy atom. The van der Waals surface area contributed by atoms with Crippen molar-refractivity contribution in [3.05, 3.63) is 54.0 Å². The van der Waals surface area contributed by atoms with E-state index in [1.807, 2.05) is 44.2 Å². The van der Waals surface area contributed by atoms with Crippen LogP contribution >= 0.6 is 27.3 Å². The van der Waals surface area contributed by atoms with Crippen LogP contribution < -0.4 is 20.3 Å². The number of rotatable bonds is 3. The number of carbonyl (C=O) groups is 1. The van der Waals surface area contributed by atoms with E-state index in [2.05, 4.69) is 21.4 Å². The molecule has 0 aliphatic carbocycles. The highest BCUT2D eigenvalue weighted by Gasteiger charge is 2.46. The first-order chi connectivity index (χ1) is 12.5. The zero-order valence-electron chi connectivity index (χ0n) is 14.3. The first-order valence-electron chi connectivity index (χ1n) is 8.45. The Hall–Kier alpha value is -2.13. The molecule has 7 nitrogen and oxygen atoms in total. The van der Waals surface area contributed by atoms with Crippen LogP contribution in [-0.4, -0.2) is 45.9 Å². The van der Waals surface area contributed by atoms with Gasteiger partial charge in [-0.15, -0.1) is 0 Å². The van der Waals surface area contributed by atoms with Crippen molar-refractivity contribution in [2.45, 2.75) is 26.2 Å². The summed E-state index contributed by atoms with van der Waals surface area (Å²) >= 11 is 4.83. The fourth-order valence-electron chi connectivity index (χ4n) is 3.31. The summed E-state index contributed by atoms with van der Waals surface area (Å²) in [4.78, 5) is 34.1. The molecule has 4 rings (SSSR count). The number of halogens is 1. The molecule has 1 fully saturated rings. The summed E-state index contributed by atoms with van der Waals surface area (Å²) in [6, 6.07) is 7.70. The second-order valence-electron chi connectivity index (χ2n) is 6.03. The Labute approximate surface area is 162 Å². The van der Waals surface area contributed by atoms with Gasteiger partial charge in [0.05, 0.1) is 4.53 Å². The molecule has 0 radical (unpaired) electrons. The van der Waals surface area contributed by atoms with Gasteiger partial charge in [0, 0.05) is 17.6 Å². The smallest absolute Gasteiger partial charge is 0.299 e. The average Bonchev–Trinajstić information content (AvgIpc) is 3.08. The van der Waals surface area contributed by atoms with Crippen molar-refractivity contribution in [1.82, 2.24) is 14.5 Å². The third kappa shape index (κ3) is 2.57. The molecule has 9 heteroatoms. The molecule has 2 atom stereocenters. The zero-order valence-corrected chi connectivity index (χ0v) is 16.7. The van der Waals surface area contributed by atoms with E-state index in [0.29, 0.717) is 22.4 Å². The van der Waals surface area contributed by atoms with Crippen molar-refractivity contribution < 1.29 is 4.79 Å². The van der Waals surface area contributed by atoms with Crippen LogP contribution in [0.15, 0.2) is 38.5 Å². The average molecular weight is 436 g/mol. The van der Waals surface area contributed by atoms with E-state index in [1.165, 1.54) is 16.0 Å². The lowest BCUT2D eigenvalue weighted by Crippen LogP contribution is -2.55. The number of hydrogen-bond donors (Lipinski definition) is 1. The predicted molar refractivity (Wildman–Crippen MR) is 104 cm³/mol. The van der Waals surface area contributed by atoms with Gasteiger partial charge in [-0.3, -0.25) is 20.0 Å². The molecule has 2 aromatic rings. The Bertz CT molecular complexity index is 1050. The van der Waals surface area contributed by atoms with Gasteiger partial charge in [0.25, 0.3) is 5.56 Å². The van der Waals surface area contributed by atoms with Gasteiger partial charge in [-0.2, -0.15) is 4.68 Å². The SMILES string of the molecule is CCN1C(=O)N(CC)C2Nn3c(s/c(=C\c4ccccc4Br)c3=O)=NC21. The summed E-state index contributed by atoms with van der Waals surface area (Å²) < 4.78 is 2.99. The number of thiazole rings is 1. The van der Waals surface area contributed by atoms with Crippen LogP contribution in [0.4, 0.5) is 4.79 Å². The molecule has 1 saturated heterocycles. The van der Waals surface area contributed by atoms with E-state index in [1.54, 1.807) is 9.80 Å². The molecule has 0 bridgehead atoms. The van der Waals surface area contributed by atoms with Gasteiger partial charge >= 0.3 is 6.03 Å². The monoisotopic (exact) mass is 435 g/mol. The van der Waals surface area contributed by atoms with E-state index in [4.69, 9.17) is 4.99 Å². The zero-order chi connectivity index (χ0) is 18.4. The molecule has 1 aromatic carbocycles. The maximum Gasteiger partial charge on any atom is 0.323 e. The number of carbonyl (C=O) groups excluding carboxylic acids is 1. The third-order valence-corrected chi connectivity index (χ3v) is 6.32. The largest absolute Gasteiger partial charge is 0.323 e. The van der Waals surface area contributed by atoms with Crippen molar-refractivity contribution in [1.29, 1.82) is 0 Å². The van der Waals surface area contributed by atoms with Gasteiger partial charge < -0.3 is 0 Å². The topological polar surface area (TPSA) is 69.9 Å². The number of likely N-dealkylation sites (N-methyl/N-ethyl adjacent to an activating group) is 2. The number of nitrogens with one attached hydrogen (secondary N) is 1. The number of amides is 2. The van der Waals surface area contributed by atoms with Crippen molar-refractivity contribution in [3.8, 4) is 0 Å². The van der Waals surface area contributed by atoms with Gasteiger partial charge in [-0.25, -0.2) is 9.79 Å². The number of aromatic nitrogens is 1. The minimum Gasteiger partial charge on any atom is -0.299 e. The lowest BCUT2D eigenvalue weighted by molar-refractivity contribution is 0.189. The van der Waals surface area contributed by atoms with Gasteiger partial charge in [-0.05, 0) is 31.6 Å². The van der Waals surface area contributed by atoms with Gasteiger partial charge in [0.1, 0.15) is 0 Å². The van der Waals surface area contributed by atoms with Crippen molar-refractivity contribution in [3.63, 3.8) is 0 Å². The van der Waals surface area contributed by atoms with E-state index in [9.17, 15) is 9.59 Å². The summed E-state index contributed by atoms with van der Waals surface area (Å²) in [7, 11) is 0. The summed E-state index contributed by atoms with van der Waals surface area (Å²) in [6.07, 6.45) is 1.21. The normalized spacial score (nSPS) is 22.1. The second kappa shape index (κ2) is 6.55. The number of urea groups is 1. The first-order valence-corrected chi connectivity index (χ1v) is 10.1. The predicted octanol–water partition coefficient (Wildman–Crippen LogP) is 1.11. The van der Waals surface area contributed by atoms with Gasteiger partial charge in [0.2, 0.25) is 4.80 Å². The van der Waals surface area contributed by atoms with Crippen LogP contribution in [0, 0.1) is 0 Å². The second-order valence-corrected chi connectivity index (χ2v) is 7.89. The molecule has 0 spiro atoms. The van der Waals surface area contributed by atoms with Crippen LogP contribution in [0.1, 0.15) is 19.4 Å². The summed E-state index contributed by atoms with van der Waals surface area (Å²) in [6.45, 7) is 5.00. The molecular weight excluding hydrogens is 418 g/mol. The highest BCUT2D eigenvalue weighted by Crippen LogP contribution is 2.23. The maximum absolute atomic E-state index is 12.8. The lowest BCUT2D eigenvalue weighted by Gasteiger charge is -2.28. The minimum absolute atomic E-state index is 0.0514. The molecule has 1 aromatic heterocycles. The Morgan fingerprint density at radius 1 is 1.23 bits per heavy atom. The van der Waals surface area contributed by atoms with Crippen molar-refractivity contribution in [2.24, 2.45) is 4.99 Å². The van der Waals surface area contributed by atoms with E-state index in [-0.39, 0.29) is 23.9 Å².